The van der Waals surface area contributed by atoms with Gasteiger partial charge in [0.15, 0.2) is 0 Å². The summed E-state index contributed by atoms with van der Waals surface area (Å²) in [4.78, 5) is 36.4. The van der Waals surface area contributed by atoms with Crippen LogP contribution >= 0.6 is 0 Å². The Labute approximate surface area is 172 Å². The van der Waals surface area contributed by atoms with E-state index < -0.39 is 0 Å². The SMILES string of the molecule is Cc1nc([C@H]2CCN(C(=O)[C@@H]3CCCO3)C2)nc(C)c1CC(=O)NC1CCCC1. The van der Waals surface area contributed by atoms with E-state index in [2.05, 4.69) is 5.32 Å². The van der Waals surface area contributed by atoms with Gasteiger partial charge in [-0.1, -0.05) is 12.8 Å². The van der Waals surface area contributed by atoms with Crippen molar-refractivity contribution in [2.75, 3.05) is 19.7 Å². The van der Waals surface area contributed by atoms with Crippen molar-refractivity contribution in [3.63, 3.8) is 0 Å². The van der Waals surface area contributed by atoms with E-state index in [-0.39, 0.29) is 23.8 Å². The van der Waals surface area contributed by atoms with E-state index in [4.69, 9.17) is 14.7 Å². The van der Waals surface area contributed by atoms with Crippen LogP contribution in [0.25, 0.3) is 0 Å². The number of carbonyl (C=O) groups is 2. The van der Waals surface area contributed by atoms with E-state index in [1.165, 1.54) is 12.8 Å². The highest BCUT2D eigenvalue weighted by Crippen LogP contribution is 2.28. The van der Waals surface area contributed by atoms with Crippen LogP contribution in [0.15, 0.2) is 0 Å². The topological polar surface area (TPSA) is 84.4 Å². The molecule has 1 saturated carbocycles. The normalized spacial score (nSPS) is 25.0. The van der Waals surface area contributed by atoms with Gasteiger partial charge in [0.2, 0.25) is 5.91 Å². The molecule has 0 bridgehead atoms. The van der Waals surface area contributed by atoms with Crippen molar-refractivity contribution in [2.45, 2.75) is 83.3 Å². The number of likely N-dealkylation sites (tertiary alicyclic amines) is 1. The van der Waals surface area contributed by atoms with E-state index >= 15 is 0 Å². The summed E-state index contributed by atoms with van der Waals surface area (Å²) in [7, 11) is 0. The predicted octanol–water partition coefficient (Wildman–Crippen LogP) is 2.19. The third kappa shape index (κ3) is 4.60. The monoisotopic (exact) mass is 400 g/mol. The molecule has 0 unspecified atom stereocenters. The highest BCUT2D eigenvalue weighted by Gasteiger charge is 2.35. The molecule has 1 aromatic rings. The molecular formula is C22H32N4O3. The van der Waals surface area contributed by atoms with E-state index in [0.29, 0.717) is 25.6 Å². The Kier molecular flexibility index (Phi) is 6.13. The van der Waals surface area contributed by atoms with Crippen LogP contribution in [0.5, 0.6) is 0 Å². The zero-order valence-corrected chi connectivity index (χ0v) is 17.6. The lowest BCUT2D eigenvalue weighted by Crippen LogP contribution is -2.37. The average Bonchev–Trinajstić information content (AvgIpc) is 3.46. The molecule has 158 valence electrons. The molecule has 3 aliphatic rings. The third-order valence-corrected chi connectivity index (χ3v) is 6.57. The second kappa shape index (κ2) is 8.78. The fourth-order valence-corrected chi connectivity index (χ4v) is 4.86. The lowest BCUT2D eigenvalue weighted by atomic mass is 10.0. The first kappa shape index (κ1) is 20.3. The van der Waals surface area contributed by atoms with E-state index in [1.54, 1.807) is 0 Å². The van der Waals surface area contributed by atoms with E-state index in [1.807, 2.05) is 18.7 Å². The molecule has 3 heterocycles. The lowest BCUT2D eigenvalue weighted by Gasteiger charge is -2.20. The third-order valence-electron chi connectivity index (χ3n) is 6.57. The van der Waals surface area contributed by atoms with E-state index in [0.717, 1.165) is 61.4 Å². The maximum atomic E-state index is 12.6. The van der Waals surface area contributed by atoms with Crippen LogP contribution in [-0.2, 0) is 20.7 Å². The molecule has 2 saturated heterocycles. The molecule has 7 nitrogen and oxygen atoms in total. The lowest BCUT2D eigenvalue weighted by molar-refractivity contribution is -0.139. The van der Waals surface area contributed by atoms with Crippen molar-refractivity contribution < 1.29 is 14.3 Å². The summed E-state index contributed by atoms with van der Waals surface area (Å²) < 4.78 is 5.55. The smallest absolute Gasteiger partial charge is 0.251 e. The minimum Gasteiger partial charge on any atom is -0.368 e. The molecule has 2 atom stereocenters. The van der Waals surface area contributed by atoms with Crippen LogP contribution in [-0.4, -0.2) is 58.5 Å². The number of hydrogen-bond acceptors (Lipinski definition) is 5. The van der Waals surface area contributed by atoms with Gasteiger partial charge in [0.1, 0.15) is 11.9 Å². The molecule has 3 fully saturated rings. The van der Waals surface area contributed by atoms with Crippen molar-refractivity contribution in [2.24, 2.45) is 0 Å². The highest BCUT2D eigenvalue weighted by atomic mass is 16.5. The van der Waals surface area contributed by atoms with Crippen LogP contribution < -0.4 is 5.32 Å². The summed E-state index contributed by atoms with van der Waals surface area (Å²) in [6.07, 6.45) is 7.31. The minimum absolute atomic E-state index is 0.0636. The van der Waals surface area contributed by atoms with Crippen LogP contribution in [0.1, 0.15) is 73.6 Å². The number of ether oxygens (including phenoxy) is 1. The summed E-state index contributed by atoms with van der Waals surface area (Å²) in [5.74, 6) is 1.12. The van der Waals surface area contributed by atoms with Gasteiger partial charge in [0.05, 0.1) is 6.42 Å². The number of nitrogens with zero attached hydrogens (tertiary/aromatic N) is 3. The Morgan fingerprint density at radius 2 is 1.79 bits per heavy atom. The molecule has 7 heteroatoms. The Balaban J connectivity index is 1.39. The quantitative estimate of drug-likeness (QED) is 0.819. The molecular weight excluding hydrogens is 368 g/mol. The molecule has 2 amide bonds. The van der Waals surface area contributed by atoms with Gasteiger partial charge >= 0.3 is 0 Å². The molecule has 0 radical (unpaired) electrons. The Morgan fingerprint density at radius 3 is 2.45 bits per heavy atom. The number of nitrogens with one attached hydrogen (secondary N) is 1. The standard InChI is InChI=1S/C22H32N4O3/c1-14-18(12-20(27)25-17-6-3-4-7-17)15(2)24-21(23-14)16-9-10-26(13-16)22(28)19-8-5-11-29-19/h16-17,19H,3-13H2,1-2H3,(H,25,27)/t16-,19-/m0/s1. The fraction of sp³-hybridized carbons (Fsp3) is 0.727. The molecule has 1 aliphatic carbocycles. The van der Waals surface area contributed by atoms with Gasteiger partial charge in [-0.05, 0) is 46.0 Å². The maximum Gasteiger partial charge on any atom is 0.251 e. The number of aromatic nitrogens is 2. The van der Waals surface area contributed by atoms with Gasteiger partial charge in [-0.25, -0.2) is 9.97 Å². The summed E-state index contributed by atoms with van der Waals surface area (Å²) in [6, 6.07) is 0.328. The van der Waals surface area contributed by atoms with Gasteiger partial charge in [-0.15, -0.1) is 0 Å². The Bertz CT molecular complexity index is 746. The first-order chi connectivity index (χ1) is 14.0. The van der Waals surface area contributed by atoms with Crippen molar-refractivity contribution in [1.82, 2.24) is 20.2 Å². The van der Waals surface area contributed by atoms with Crippen molar-refractivity contribution >= 4 is 11.8 Å². The number of rotatable bonds is 5. The number of carbonyl (C=O) groups excluding carboxylic acids is 2. The van der Waals surface area contributed by atoms with Crippen molar-refractivity contribution in [3.05, 3.63) is 22.8 Å². The maximum absolute atomic E-state index is 12.6. The summed E-state index contributed by atoms with van der Waals surface area (Å²) in [5, 5.41) is 3.15. The Morgan fingerprint density at radius 1 is 1.07 bits per heavy atom. The summed E-state index contributed by atoms with van der Waals surface area (Å²) >= 11 is 0. The molecule has 1 aromatic heterocycles. The second-order valence-corrected chi connectivity index (χ2v) is 8.73. The largest absolute Gasteiger partial charge is 0.368 e. The van der Waals surface area contributed by atoms with Crippen LogP contribution in [0.3, 0.4) is 0 Å². The zero-order chi connectivity index (χ0) is 20.4. The predicted molar refractivity (Wildman–Crippen MR) is 109 cm³/mol. The molecule has 29 heavy (non-hydrogen) atoms. The molecule has 1 N–H and O–H groups in total. The van der Waals surface area contributed by atoms with Gasteiger partial charge in [0.25, 0.3) is 5.91 Å². The molecule has 0 spiro atoms. The minimum atomic E-state index is -0.265. The second-order valence-electron chi connectivity index (χ2n) is 8.73. The van der Waals surface area contributed by atoms with Gasteiger partial charge in [-0.2, -0.15) is 0 Å². The van der Waals surface area contributed by atoms with Crippen LogP contribution in [0.4, 0.5) is 0 Å². The number of amides is 2. The zero-order valence-electron chi connectivity index (χ0n) is 17.6. The number of hydrogen-bond donors (Lipinski definition) is 1. The van der Waals surface area contributed by atoms with Gasteiger partial charge < -0.3 is 15.0 Å². The van der Waals surface area contributed by atoms with Crippen molar-refractivity contribution in [1.29, 1.82) is 0 Å². The molecule has 0 aromatic carbocycles. The fourth-order valence-electron chi connectivity index (χ4n) is 4.86. The van der Waals surface area contributed by atoms with Crippen molar-refractivity contribution in [3.8, 4) is 0 Å². The number of aryl methyl sites for hydroxylation is 2. The van der Waals surface area contributed by atoms with Crippen LogP contribution in [0, 0.1) is 13.8 Å². The molecule has 2 aliphatic heterocycles. The average molecular weight is 401 g/mol. The van der Waals surface area contributed by atoms with Gasteiger partial charge in [0, 0.05) is 48.6 Å². The van der Waals surface area contributed by atoms with Crippen LogP contribution in [0.2, 0.25) is 0 Å². The first-order valence-corrected chi connectivity index (χ1v) is 11.0. The molecule has 4 rings (SSSR count). The van der Waals surface area contributed by atoms with Gasteiger partial charge in [-0.3, -0.25) is 9.59 Å². The highest BCUT2D eigenvalue weighted by molar-refractivity contribution is 5.81. The Hall–Kier alpha value is -2.02. The van der Waals surface area contributed by atoms with E-state index in [9.17, 15) is 9.59 Å². The first-order valence-electron chi connectivity index (χ1n) is 11.0. The summed E-state index contributed by atoms with van der Waals surface area (Å²) in [5.41, 5.74) is 2.67. The summed E-state index contributed by atoms with van der Waals surface area (Å²) in [6.45, 7) is 5.99.